The Morgan fingerprint density at radius 1 is 1.48 bits per heavy atom. The van der Waals surface area contributed by atoms with Gasteiger partial charge in [0.15, 0.2) is 5.13 Å². The lowest BCUT2D eigenvalue weighted by molar-refractivity contribution is 0.0935. The highest BCUT2D eigenvalue weighted by atomic mass is 32.1. The molecule has 1 atom stereocenters. The summed E-state index contributed by atoms with van der Waals surface area (Å²) in [6.45, 7) is 8.86. The molecule has 21 heavy (non-hydrogen) atoms. The van der Waals surface area contributed by atoms with Crippen molar-refractivity contribution in [1.29, 1.82) is 0 Å². The standard InChI is InChI=1S/C14H21N5OS/c1-6-19-10(4)12(9(3)18-19)8(2)16-13(20)11-7-21-14(15-5)17-11/h7-8H,6H2,1-5H3,(H,15,17)(H,16,20)/t8-/m1/s1. The van der Waals surface area contributed by atoms with Crippen molar-refractivity contribution < 1.29 is 4.79 Å². The van der Waals surface area contributed by atoms with Gasteiger partial charge >= 0.3 is 0 Å². The molecule has 7 heteroatoms. The van der Waals surface area contributed by atoms with Crippen LogP contribution >= 0.6 is 11.3 Å². The number of hydrogen-bond donors (Lipinski definition) is 2. The van der Waals surface area contributed by atoms with E-state index in [9.17, 15) is 4.79 Å². The van der Waals surface area contributed by atoms with E-state index in [4.69, 9.17) is 0 Å². The Morgan fingerprint density at radius 3 is 2.71 bits per heavy atom. The Labute approximate surface area is 128 Å². The van der Waals surface area contributed by atoms with Crippen LogP contribution in [0.2, 0.25) is 0 Å². The van der Waals surface area contributed by atoms with Crippen LogP contribution in [0, 0.1) is 13.8 Å². The fraction of sp³-hybridized carbons (Fsp3) is 0.500. The van der Waals surface area contributed by atoms with Crippen LogP contribution < -0.4 is 10.6 Å². The lowest BCUT2D eigenvalue weighted by Gasteiger charge is -2.14. The second-order valence-corrected chi connectivity index (χ2v) is 5.74. The third-order valence-electron chi connectivity index (χ3n) is 3.47. The molecule has 0 fully saturated rings. The maximum Gasteiger partial charge on any atom is 0.271 e. The van der Waals surface area contributed by atoms with Gasteiger partial charge in [0.2, 0.25) is 0 Å². The Balaban J connectivity index is 2.16. The van der Waals surface area contributed by atoms with E-state index >= 15 is 0 Å². The maximum atomic E-state index is 12.2. The summed E-state index contributed by atoms with van der Waals surface area (Å²) < 4.78 is 1.95. The van der Waals surface area contributed by atoms with E-state index in [1.165, 1.54) is 11.3 Å². The number of hydrogen-bond acceptors (Lipinski definition) is 5. The minimum Gasteiger partial charge on any atom is -0.365 e. The van der Waals surface area contributed by atoms with E-state index in [0.717, 1.165) is 28.6 Å². The van der Waals surface area contributed by atoms with E-state index in [1.807, 2.05) is 25.5 Å². The number of thiazole rings is 1. The van der Waals surface area contributed by atoms with Gasteiger partial charge in [-0.15, -0.1) is 11.3 Å². The Morgan fingerprint density at radius 2 is 2.19 bits per heavy atom. The summed E-state index contributed by atoms with van der Waals surface area (Å²) in [5.41, 5.74) is 3.57. The number of rotatable bonds is 5. The molecule has 0 aromatic carbocycles. The van der Waals surface area contributed by atoms with Gasteiger partial charge in [0.1, 0.15) is 5.69 Å². The predicted octanol–water partition coefficient (Wildman–Crippen LogP) is 2.51. The van der Waals surface area contributed by atoms with Gasteiger partial charge in [-0.2, -0.15) is 5.10 Å². The average molecular weight is 307 g/mol. The molecular weight excluding hydrogens is 286 g/mol. The highest BCUT2D eigenvalue weighted by molar-refractivity contribution is 7.13. The number of amides is 1. The minimum absolute atomic E-state index is 0.0995. The zero-order valence-corrected chi connectivity index (χ0v) is 13.8. The minimum atomic E-state index is -0.164. The molecule has 6 nitrogen and oxygen atoms in total. The third-order valence-corrected chi connectivity index (χ3v) is 4.33. The van der Waals surface area contributed by atoms with Crippen LogP contribution in [0.3, 0.4) is 0 Å². The van der Waals surface area contributed by atoms with Crippen molar-refractivity contribution in [2.75, 3.05) is 12.4 Å². The van der Waals surface area contributed by atoms with Gasteiger partial charge in [0, 0.05) is 30.2 Å². The molecule has 2 rings (SSSR count). The summed E-state index contributed by atoms with van der Waals surface area (Å²) in [6.07, 6.45) is 0. The van der Waals surface area contributed by atoms with Crippen molar-refractivity contribution in [3.05, 3.63) is 28.0 Å². The summed E-state index contributed by atoms with van der Waals surface area (Å²) in [6, 6.07) is -0.0995. The molecule has 2 aromatic heterocycles. The summed E-state index contributed by atoms with van der Waals surface area (Å²) in [4.78, 5) is 16.5. The number of anilines is 1. The molecular formula is C14H21N5OS. The lowest BCUT2D eigenvalue weighted by Crippen LogP contribution is -2.27. The fourth-order valence-corrected chi connectivity index (χ4v) is 3.13. The molecule has 0 radical (unpaired) electrons. The highest BCUT2D eigenvalue weighted by Crippen LogP contribution is 2.22. The summed E-state index contributed by atoms with van der Waals surface area (Å²) >= 11 is 1.42. The van der Waals surface area contributed by atoms with E-state index in [0.29, 0.717) is 5.69 Å². The van der Waals surface area contributed by atoms with Crippen molar-refractivity contribution in [1.82, 2.24) is 20.1 Å². The van der Waals surface area contributed by atoms with E-state index in [2.05, 4.69) is 27.6 Å². The molecule has 0 unspecified atom stereocenters. The van der Waals surface area contributed by atoms with Crippen LogP contribution in [-0.2, 0) is 6.54 Å². The topological polar surface area (TPSA) is 71.8 Å². The first-order valence-corrected chi connectivity index (χ1v) is 7.83. The fourth-order valence-electron chi connectivity index (χ4n) is 2.48. The van der Waals surface area contributed by atoms with Crippen molar-refractivity contribution in [2.24, 2.45) is 0 Å². The second kappa shape index (κ2) is 6.26. The zero-order valence-electron chi connectivity index (χ0n) is 13.0. The molecule has 0 saturated carbocycles. The van der Waals surface area contributed by atoms with E-state index in [1.54, 1.807) is 12.4 Å². The SMILES string of the molecule is CCn1nc(C)c([C@@H](C)NC(=O)c2csc(NC)n2)c1C. The second-order valence-electron chi connectivity index (χ2n) is 4.88. The van der Waals surface area contributed by atoms with Crippen LogP contribution in [0.5, 0.6) is 0 Å². The first-order chi connectivity index (χ1) is 9.97. The highest BCUT2D eigenvalue weighted by Gasteiger charge is 2.20. The number of carbonyl (C=O) groups is 1. The van der Waals surface area contributed by atoms with Crippen molar-refractivity contribution in [2.45, 2.75) is 40.3 Å². The molecule has 0 aliphatic heterocycles. The molecule has 0 spiro atoms. The van der Waals surface area contributed by atoms with Crippen LogP contribution in [-0.4, -0.2) is 27.7 Å². The average Bonchev–Trinajstić information content (AvgIpc) is 3.03. The van der Waals surface area contributed by atoms with Gasteiger partial charge in [0.25, 0.3) is 5.91 Å². The van der Waals surface area contributed by atoms with Crippen LogP contribution in [0.15, 0.2) is 5.38 Å². The quantitative estimate of drug-likeness (QED) is 0.890. The van der Waals surface area contributed by atoms with E-state index < -0.39 is 0 Å². The molecule has 2 N–H and O–H groups in total. The smallest absolute Gasteiger partial charge is 0.271 e. The first-order valence-electron chi connectivity index (χ1n) is 6.96. The normalized spacial score (nSPS) is 12.2. The summed E-state index contributed by atoms with van der Waals surface area (Å²) in [7, 11) is 1.79. The van der Waals surface area contributed by atoms with Gasteiger partial charge in [-0.3, -0.25) is 9.48 Å². The van der Waals surface area contributed by atoms with Gasteiger partial charge in [0.05, 0.1) is 11.7 Å². The number of carbonyl (C=O) groups excluding carboxylic acids is 1. The largest absolute Gasteiger partial charge is 0.365 e. The van der Waals surface area contributed by atoms with Crippen molar-refractivity contribution in [3.8, 4) is 0 Å². The molecule has 0 aliphatic rings. The maximum absolute atomic E-state index is 12.2. The monoisotopic (exact) mass is 307 g/mol. The number of aryl methyl sites for hydroxylation is 2. The molecule has 0 bridgehead atoms. The van der Waals surface area contributed by atoms with Crippen molar-refractivity contribution in [3.63, 3.8) is 0 Å². The molecule has 1 amide bonds. The molecule has 0 aliphatic carbocycles. The summed E-state index contributed by atoms with van der Waals surface area (Å²) in [5, 5.41) is 12.9. The van der Waals surface area contributed by atoms with Crippen LogP contribution in [0.4, 0.5) is 5.13 Å². The number of aromatic nitrogens is 3. The number of nitrogens with one attached hydrogen (secondary N) is 2. The van der Waals surface area contributed by atoms with Gasteiger partial charge < -0.3 is 10.6 Å². The van der Waals surface area contributed by atoms with Crippen LogP contribution in [0.1, 0.15) is 47.3 Å². The lowest BCUT2D eigenvalue weighted by atomic mass is 10.1. The first kappa shape index (κ1) is 15.5. The summed E-state index contributed by atoms with van der Waals surface area (Å²) in [5.74, 6) is -0.164. The van der Waals surface area contributed by atoms with Gasteiger partial charge in [-0.05, 0) is 27.7 Å². The predicted molar refractivity (Wildman–Crippen MR) is 84.9 cm³/mol. The Hall–Kier alpha value is -1.89. The van der Waals surface area contributed by atoms with Gasteiger partial charge in [-0.25, -0.2) is 4.98 Å². The van der Waals surface area contributed by atoms with Gasteiger partial charge in [-0.1, -0.05) is 0 Å². The van der Waals surface area contributed by atoms with E-state index in [-0.39, 0.29) is 11.9 Å². The molecule has 2 aromatic rings. The third kappa shape index (κ3) is 3.07. The van der Waals surface area contributed by atoms with Crippen LogP contribution in [0.25, 0.3) is 0 Å². The number of nitrogens with zero attached hydrogens (tertiary/aromatic N) is 3. The Bertz CT molecular complexity index is 646. The molecule has 0 saturated heterocycles. The molecule has 114 valence electrons. The molecule has 2 heterocycles. The Kier molecular flexibility index (Phi) is 4.62. The zero-order chi connectivity index (χ0) is 15.6. The van der Waals surface area contributed by atoms with Crippen molar-refractivity contribution >= 4 is 22.4 Å².